The van der Waals surface area contributed by atoms with Crippen molar-refractivity contribution in [2.45, 2.75) is 37.8 Å². The molecule has 5 nitrogen and oxygen atoms in total. The average Bonchev–Trinajstić information content (AvgIpc) is 3.30. The van der Waals surface area contributed by atoms with Gasteiger partial charge in [0.05, 0.1) is 12.6 Å². The minimum absolute atomic E-state index is 0.0158. The minimum atomic E-state index is -0.446. The van der Waals surface area contributed by atoms with Crippen LogP contribution in [0, 0.1) is 5.82 Å². The lowest BCUT2D eigenvalue weighted by atomic mass is 10.1. The van der Waals surface area contributed by atoms with E-state index in [4.69, 9.17) is 0 Å². The van der Waals surface area contributed by atoms with Crippen molar-refractivity contribution in [1.29, 1.82) is 0 Å². The maximum Gasteiger partial charge on any atom is 0.321 e. The summed E-state index contributed by atoms with van der Waals surface area (Å²) in [5.74, 6) is -0.704. The predicted octanol–water partition coefficient (Wildman–Crippen LogP) is 3.33. The second kappa shape index (κ2) is 8.91. The number of benzene rings is 1. The van der Waals surface area contributed by atoms with Crippen molar-refractivity contribution >= 4 is 23.3 Å². The van der Waals surface area contributed by atoms with E-state index in [0.29, 0.717) is 0 Å². The van der Waals surface area contributed by atoms with Crippen LogP contribution in [0.15, 0.2) is 41.8 Å². The highest BCUT2D eigenvalue weighted by Crippen LogP contribution is 2.26. The number of thiophene rings is 1. The fraction of sp³-hybridized carbons (Fsp3) is 0.368. The zero-order valence-electron chi connectivity index (χ0n) is 14.3. The van der Waals surface area contributed by atoms with Gasteiger partial charge in [0, 0.05) is 10.9 Å². The summed E-state index contributed by atoms with van der Waals surface area (Å²) in [4.78, 5) is 25.0. The minimum Gasteiger partial charge on any atom is -0.335 e. The first-order valence-electron chi connectivity index (χ1n) is 8.74. The van der Waals surface area contributed by atoms with Gasteiger partial charge in [0.2, 0.25) is 5.91 Å². The second-order valence-electron chi connectivity index (χ2n) is 6.38. The number of imide groups is 1. The molecule has 1 fully saturated rings. The van der Waals surface area contributed by atoms with E-state index in [2.05, 4.69) is 16.0 Å². The Bertz CT molecular complexity index is 728. The van der Waals surface area contributed by atoms with Gasteiger partial charge in [0.25, 0.3) is 0 Å². The van der Waals surface area contributed by atoms with Gasteiger partial charge in [0.15, 0.2) is 0 Å². The highest BCUT2D eigenvalue weighted by atomic mass is 32.1. The molecule has 2 aromatic rings. The molecule has 1 aromatic carbocycles. The summed E-state index contributed by atoms with van der Waals surface area (Å²) >= 11 is 1.55. The van der Waals surface area contributed by atoms with Crippen LogP contribution in [-0.4, -0.2) is 24.5 Å². The van der Waals surface area contributed by atoms with Gasteiger partial charge in [-0.1, -0.05) is 31.0 Å². The van der Waals surface area contributed by atoms with Gasteiger partial charge >= 0.3 is 6.03 Å². The smallest absolute Gasteiger partial charge is 0.321 e. The first kappa shape index (κ1) is 18.5. The quantitative estimate of drug-likeness (QED) is 0.725. The molecule has 7 heteroatoms. The fourth-order valence-electron chi connectivity index (χ4n) is 3.15. The highest BCUT2D eigenvalue weighted by molar-refractivity contribution is 7.10. The molecule has 0 bridgehead atoms. The fourth-order valence-corrected chi connectivity index (χ4v) is 3.98. The van der Waals surface area contributed by atoms with Crippen molar-refractivity contribution < 1.29 is 14.0 Å². The lowest BCUT2D eigenvalue weighted by Gasteiger charge is -2.18. The lowest BCUT2D eigenvalue weighted by Crippen LogP contribution is -2.46. The van der Waals surface area contributed by atoms with Crippen LogP contribution in [0.25, 0.3) is 0 Å². The lowest BCUT2D eigenvalue weighted by molar-refractivity contribution is -0.119. The Morgan fingerprint density at radius 1 is 1.15 bits per heavy atom. The van der Waals surface area contributed by atoms with Crippen LogP contribution in [-0.2, 0) is 4.79 Å². The van der Waals surface area contributed by atoms with Crippen molar-refractivity contribution in [3.8, 4) is 0 Å². The number of rotatable bonds is 6. The first-order chi connectivity index (χ1) is 12.6. The van der Waals surface area contributed by atoms with E-state index < -0.39 is 11.9 Å². The molecule has 3 amide bonds. The molecule has 1 aromatic heterocycles. The third-order valence-corrected chi connectivity index (χ3v) is 5.38. The molecule has 3 N–H and O–H groups in total. The largest absolute Gasteiger partial charge is 0.335 e. The Kier molecular flexibility index (Phi) is 6.35. The van der Waals surface area contributed by atoms with Crippen molar-refractivity contribution in [3.05, 3.63) is 58.0 Å². The van der Waals surface area contributed by atoms with Gasteiger partial charge in [-0.15, -0.1) is 11.3 Å². The zero-order chi connectivity index (χ0) is 18.4. The van der Waals surface area contributed by atoms with E-state index in [-0.39, 0.29) is 24.4 Å². The maximum atomic E-state index is 13.2. The summed E-state index contributed by atoms with van der Waals surface area (Å²) in [5, 5.41) is 10.3. The molecule has 3 rings (SSSR count). The van der Waals surface area contributed by atoms with Crippen molar-refractivity contribution in [2.24, 2.45) is 0 Å². The number of hydrogen-bond donors (Lipinski definition) is 3. The normalized spacial score (nSPS) is 15.6. The summed E-state index contributed by atoms with van der Waals surface area (Å²) in [5.41, 5.74) is 0.858. The maximum absolute atomic E-state index is 13.2. The first-order valence-corrected chi connectivity index (χ1v) is 9.62. The van der Waals surface area contributed by atoms with E-state index in [9.17, 15) is 14.0 Å². The second-order valence-corrected chi connectivity index (χ2v) is 7.36. The van der Waals surface area contributed by atoms with Crippen LogP contribution in [0.4, 0.5) is 9.18 Å². The van der Waals surface area contributed by atoms with Crippen LogP contribution in [0.2, 0.25) is 0 Å². The monoisotopic (exact) mass is 375 g/mol. The Hall–Kier alpha value is -2.25. The number of urea groups is 1. The van der Waals surface area contributed by atoms with E-state index in [1.807, 2.05) is 17.5 Å². The summed E-state index contributed by atoms with van der Waals surface area (Å²) in [6.45, 7) is -0.0158. The zero-order valence-corrected chi connectivity index (χ0v) is 15.2. The van der Waals surface area contributed by atoms with E-state index in [0.717, 1.165) is 36.1 Å². The molecular formula is C19H22FN3O2S. The molecule has 1 saturated carbocycles. The number of carbonyl (C=O) groups excluding carboxylic acids is 2. The summed E-state index contributed by atoms with van der Waals surface area (Å²) in [6, 6.07) is 9.53. The van der Waals surface area contributed by atoms with Gasteiger partial charge in [-0.25, -0.2) is 9.18 Å². The van der Waals surface area contributed by atoms with Gasteiger partial charge in [-0.05, 0) is 42.0 Å². The third-order valence-electron chi connectivity index (χ3n) is 4.44. The summed E-state index contributed by atoms with van der Waals surface area (Å²) < 4.78 is 13.2. The Balaban J connectivity index is 1.56. The highest BCUT2D eigenvalue weighted by Gasteiger charge is 2.20. The molecule has 1 aliphatic carbocycles. The molecule has 1 atom stereocenters. The molecule has 138 valence electrons. The molecular weight excluding hydrogens is 353 g/mol. The predicted molar refractivity (Wildman–Crippen MR) is 99.5 cm³/mol. The van der Waals surface area contributed by atoms with E-state index in [1.165, 1.54) is 12.1 Å². The van der Waals surface area contributed by atoms with Gasteiger partial charge in [0.1, 0.15) is 5.82 Å². The Morgan fingerprint density at radius 3 is 2.54 bits per heavy atom. The Morgan fingerprint density at radius 2 is 1.88 bits per heavy atom. The SMILES string of the molecule is O=C(CNC(c1ccc(F)cc1)c1cccs1)NC(=O)NC1CCCC1. The van der Waals surface area contributed by atoms with Crippen molar-refractivity contribution in [2.75, 3.05) is 6.54 Å². The number of halogens is 1. The van der Waals surface area contributed by atoms with Gasteiger partial charge in [-0.3, -0.25) is 15.4 Å². The standard InChI is InChI=1S/C19H22FN3O2S/c20-14-9-7-13(8-10-14)18(16-6-3-11-26-16)21-12-17(24)23-19(25)22-15-4-1-2-5-15/h3,6-11,15,18,21H,1-2,4-5,12H2,(H2,22,23,24,25). The van der Waals surface area contributed by atoms with Gasteiger partial charge < -0.3 is 5.32 Å². The number of hydrogen-bond acceptors (Lipinski definition) is 4. The molecule has 1 aliphatic rings. The van der Waals surface area contributed by atoms with Crippen LogP contribution >= 0.6 is 11.3 Å². The molecule has 0 saturated heterocycles. The molecule has 1 heterocycles. The Labute approximate surface area is 156 Å². The average molecular weight is 375 g/mol. The van der Waals surface area contributed by atoms with Crippen LogP contribution < -0.4 is 16.0 Å². The van der Waals surface area contributed by atoms with E-state index in [1.54, 1.807) is 23.5 Å². The van der Waals surface area contributed by atoms with E-state index >= 15 is 0 Å². The van der Waals surface area contributed by atoms with Gasteiger partial charge in [-0.2, -0.15) is 0 Å². The molecule has 0 radical (unpaired) electrons. The molecule has 1 unspecified atom stereocenters. The van der Waals surface area contributed by atoms with Crippen molar-refractivity contribution in [3.63, 3.8) is 0 Å². The summed E-state index contributed by atoms with van der Waals surface area (Å²) in [6.07, 6.45) is 4.15. The molecule has 0 spiro atoms. The number of nitrogens with one attached hydrogen (secondary N) is 3. The van der Waals surface area contributed by atoms with Crippen LogP contribution in [0.1, 0.15) is 42.2 Å². The number of amides is 3. The topological polar surface area (TPSA) is 70.2 Å². The number of carbonyl (C=O) groups is 2. The van der Waals surface area contributed by atoms with Crippen molar-refractivity contribution in [1.82, 2.24) is 16.0 Å². The molecule has 26 heavy (non-hydrogen) atoms. The van der Waals surface area contributed by atoms with Crippen LogP contribution in [0.3, 0.4) is 0 Å². The molecule has 0 aliphatic heterocycles. The van der Waals surface area contributed by atoms with Crippen LogP contribution in [0.5, 0.6) is 0 Å². The third kappa shape index (κ3) is 5.12. The summed E-state index contributed by atoms with van der Waals surface area (Å²) in [7, 11) is 0.